The molecule has 1 aliphatic rings. The molecule has 1 atom stereocenters. The summed E-state index contributed by atoms with van der Waals surface area (Å²) in [5.41, 5.74) is 1.25. The summed E-state index contributed by atoms with van der Waals surface area (Å²) in [6.45, 7) is 1.93. The molecule has 0 aliphatic carbocycles. The molecule has 1 heterocycles. The van der Waals surface area contributed by atoms with Crippen LogP contribution in [0.5, 0.6) is 5.75 Å². The molecule has 0 fully saturated rings. The Balaban J connectivity index is 2.05. The average Bonchev–Trinajstić information content (AvgIpc) is 2.45. The van der Waals surface area contributed by atoms with Crippen LogP contribution in [0.2, 0.25) is 5.02 Å². The molecule has 5 nitrogen and oxygen atoms in total. The highest BCUT2D eigenvalue weighted by atomic mass is 35.5. The standard InChI is InChI=1S/C15H16ClNO4/c1-9(5-14(18)20-2)17-15(19)11-6-10-7-12(16)3-4-13(10)21-8-11/h3-4,6-7,9H,5,8H2,1-2H3,(H,17,19). The highest BCUT2D eigenvalue weighted by Crippen LogP contribution is 2.28. The van der Waals surface area contributed by atoms with E-state index in [4.69, 9.17) is 16.3 Å². The van der Waals surface area contributed by atoms with E-state index in [1.165, 1.54) is 7.11 Å². The van der Waals surface area contributed by atoms with E-state index < -0.39 is 0 Å². The van der Waals surface area contributed by atoms with Crippen LogP contribution < -0.4 is 10.1 Å². The van der Waals surface area contributed by atoms with Crippen molar-refractivity contribution >= 4 is 29.6 Å². The molecule has 0 radical (unpaired) electrons. The van der Waals surface area contributed by atoms with Gasteiger partial charge in [0.25, 0.3) is 5.91 Å². The van der Waals surface area contributed by atoms with Gasteiger partial charge in [-0.1, -0.05) is 11.6 Å². The van der Waals surface area contributed by atoms with Gasteiger partial charge in [0.15, 0.2) is 0 Å². The van der Waals surface area contributed by atoms with Gasteiger partial charge < -0.3 is 14.8 Å². The smallest absolute Gasteiger partial charge is 0.307 e. The molecule has 1 aromatic rings. The first-order chi connectivity index (χ1) is 9.99. The third kappa shape index (κ3) is 3.98. The highest BCUT2D eigenvalue weighted by Gasteiger charge is 2.19. The van der Waals surface area contributed by atoms with Gasteiger partial charge >= 0.3 is 5.97 Å². The number of hydrogen-bond acceptors (Lipinski definition) is 4. The van der Waals surface area contributed by atoms with E-state index in [2.05, 4.69) is 10.1 Å². The lowest BCUT2D eigenvalue weighted by molar-refractivity contribution is -0.141. The van der Waals surface area contributed by atoms with E-state index in [0.717, 1.165) is 5.56 Å². The number of hydrogen-bond donors (Lipinski definition) is 1. The monoisotopic (exact) mass is 309 g/mol. The van der Waals surface area contributed by atoms with Crippen molar-refractivity contribution in [2.24, 2.45) is 0 Å². The number of benzene rings is 1. The largest absolute Gasteiger partial charge is 0.488 e. The predicted octanol–water partition coefficient (Wildman–Crippen LogP) is 2.18. The summed E-state index contributed by atoms with van der Waals surface area (Å²) in [6, 6.07) is 4.92. The number of carbonyl (C=O) groups is 2. The second-order valence-electron chi connectivity index (χ2n) is 4.80. The second kappa shape index (κ2) is 6.63. The Morgan fingerprint density at radius 1 is 1.48 bits per heavy atom. The van der Waals surface area contributed by atoms with E-state index in [0.29, 0.717) is 16.3 Å². The highest BCUT2D eigenvalue weighted by molar-refractivity contribution is 6.30. The Kier molecular flexibility index (Phi) is 4.85. The first kappa shape index (κ1) is 15.4. The van der Waals surface area contributed by atoms with E-state index in [9.17, 15) is 9.59 Å². The van der Waals surface area contributed by atoms with E-state index >= 15 is 0 Å². The number of fused-ring (bicyclic) bond motifs is 1. The fourth-order valence-corrected chi connectivity index (χ4v) is 2.16. The summed E-state index contributed by atoms with van der Waals surface area (Å²) in [5, 5.41) is 3.32. The topological polar surface area (TPSA) is 64.6 Å². The van der Waals surface area contributed by atoms with Crippen molar-refractivity contribution in [2.75, 3.05) is 13.7 Å². The summed E-state index contributed by atoms with van der Waals surface area (Å²) in [6.07, 6.45) is 1.86. The summed E-state index contributed by atoms with van der Waals surface area (Å²) in [5.74, 6) is 0.0596. The quantitative estimate of drug-likeness (QED) is 0.866. The maximum atomic E-state index is 12.1. The number of halogens is 1. The Labute approximate surface area is 127 Å². The van der Waals surface area contributed by atoms with Crippen LogP contribution in [0.15, 0.2) is 23.8 Å². The lowest BCUT2D eigenvalue weighted by Gasteiger charge is -2.19. The molecule has 0 saturated heterocycles. The van der Waals surface area contributed by atoms with Crippen LogP contribution in [0.4, 0.5) is 0 Å². The number of rotatable bonds is 4. The molecule has 0 spiro atoms. The minimum atomic E-state index is -0.367. The maximum absolute atomic E-state index is 12.1. The van der Waals surface area contributed by atoms with Crippen LogP contribution in [0.25, 0.3) is 6.08 Å². The van der Waals surface area contributed by atoms with Crippen LogP contribution in [0, 0.1) is 0 Å². The fourth-order valence-electron chi connectivity index (χ4n) is 1.98. The Bertz CT molecular complexity index is 597. The molecule has 0 saturated carbocycles. The van der Waals surface area contributed by atoms with Gasteiger partial charge in [0.05, 0.1) is 19.1 Å². The molecule has 2 rings (SSSR count). The molecule has 112 valence electrons. The number of amides is 1. The second-order valence-corrected chi connectivity index (χ2v) is 5.23. The van der Waals surface area contributed by atoms with Gasteiger partial charge in [-0.15, -0.1) is 0 Å². The van der Waals surface area contributed by atoms with Gasteiger partial charge in [0.1, 0.15) is 12.4 Å². The van der Waals surface area contributed by atoms with Crippen LogP contribution in [-0.4, -0.2) is 31.6 Å². The van der Waals surface area contributed by atoms with Crippen molar-refractivity contribution in [3.63, 3.8) is 0 Å². The molecule has 1 unspecified atom stereocenters. The van der Waals surface area contributed by atoms with Crippen LogP contribution in [-0.2, 0) is 14.3 Å². The summed E-state index contributed by atoms with van der Waals surface area (Å²) in [7, 11) is 1.31. The molecule has 0 aromatic heterocycles. The lowest BCUT2D eigenvalue weighted by Crippen LogP contribution is -2.37. The zero-order chi connectivity index (χ0) is 15.4. The number of nitrogens with one attached hydrogen (secondary N) is 1. The zero-order valence-electron chi connectivity index (χ0n) is 11.8. The molecule has 1 aliphatic heterocycles. The Morgan fingerprint density at radius 3 is 2.95 bits per heavy atom. The number of carbonyl (C=O) groups excluding carboxylic acids is 2. The zero-order valence-corrected chi connectivity index (χ0v) is 12.6. The molecule has 1 N–H and O–H groups in total. The lowest BCUT2D eigenvalue weighted by atomic mass is 10.1. The van der Waals surface area contributed by atoms with Crippen LogP contribution in [0.3, 0.4) is 0 Å². The van der Waals surface area contributed by atoms with Gasteiger partial charge in [-0.25, -0.2) is 0 Å². The SMILES string of the molecule is COC(=O)CC(C)NC(=O)C1=Cc2cc(Cl)ccc2OC1. The number of esters is 1. The van der Waals surface area contributed by atoms with Crippen LogP contribution >= 0.6 is 11.6 Å². The van der Waals surface area contributed by atoms with Gasteiger partial charge in [-0.2, -0.15) is 0 Å². The molecule has 21 heavy (non-hydrogen) atoms. The Morgan fingerprint density at radius 2 is 2.24 bits per heavy atom. The van der Waals surface area contributed by atoms with Crippen molar-refractivity contribution in [1.29, 1.82) is 0 Å². The summed E-state index contributed by atoms with van der Waals surface area (Å²) in [4.78, 5) is 23.3. The third-order valence-electron chi connectivity index (χ3n) is 3.05. The molecule has 6 heteroatoms. The number of ether oxygens (including phenoxy) is 2. The van der Waals surface area contributed by atoms with Crippen molar-refractivity contribution in [2.45, 2.75) is 19.4 Å². The van der Waals surface area contributed by atoms with Crippen LogP contribution in [0.1, 0.15) is 18.9 Å². The van der Waals surface area contributed by atoms with E-state index in [1.807, 2.05) is 0 Å². The van der Waals surface area contributed by atoms with Crippen molar-refractivity contribution in [1.82, 2.24) is 5.32 Å². The third-order valence-corrected chi connectivity index (χ3v) is 3.29. The molecule has 1 aromatic carbocycles. The first-order valence-electron chi connectivity index (χ1n) is 6.50. The van der Waals surface area contributed by atoms with Gasteiger partial charge in [-0.3, -0.25) is 9.59 Å². The van der Waals surface area contributed by atoms with E-state index in [1.54, 1.807) is 31.2 Å². The predicted molar refractivity (Wildman–Crippen MR) is 79.2 cm³/mol. The van der Waals surface area contributed by atoms with E-state index in [-0.39, 0.29) is 30.9 Å². The fraction of sp³-hybridized carbons (Fsp3) is 0.333. The van der Waals surface area contributed by atoms with Crippen molar-refractivity contribution in [3.8, 4) is 5.75 Å². The van der Waals surface area contributed by atoms with Gasteiger partial charge in [0.2, 0.25) is 0 Å². The van der Waals surface area contributed by atoms with Crippen molar-refractivity contribution in [3.05, 3.63) is 34.4 Å². The Hall–Kier alpha value is -2.01. The average molecular weight is 310 g/mol. The first-order valence-corrected chi connectivity index (χ1v) is 6.88. The maximum Gasteiger partial charge on any atom is 0.307 e. The minimum Gasteiger partial charge on any atom is -0.488 e. The summed E-state index contributed by atoms with van der Waals surface area (Å²) >= 11 is 5.92. The van der Waals surface area contributed by atoms with Gasteiger partial charge in [-0.05, 0) is 31.2 Å². The molecule has 0 bridgehead atoms. The minimum absolute atomic E-state index is 0.124. The molecular weight excluding hydrogens is 294 g/mol. The summed E-state index contributed by atoms with van der Waals surface area (Å²) < 4.78 is 10.1. The normalized spacial score (nSPS) is 14.3. The molecular formula is C15H16ClNO4. The number of methoxy groups -OCH3 is 1. The molecule has 1 amide bonds. The van der Waals surface area contributed by atoms with Gasteiger partial charge in [0, 0.05) is 16.6 Å². The van der Waals surface area contributed by atoms with Crippen molar-refractivity contribution < 1.29 is 19.1 Å².